The molecule has 0 radical (unpaired) electrons. The Labute approximate surface area is 148 Å². The van der Waals surface area contributed by atoms with Gasteiger partial charge in [-0.2, -0.15) is 5.10 Å². The average molecular weight is 338 g/mol. The molecule has 0 saturated carbocycles. The minimum Gasteiger partial charge on any atom is -0.341 e. The van der Waals surface area contributed by atoms with Gasteiger partial charge in [0.25, 0.3) is 0 Å². The Morgan fingerprint density at radius 2 is 1.96 bits per heavy atom. The van der Waals surface area contributed by atoms with Crippen LogP contribution in [-0.2, 0) is 4.79 Å². The maximum Gasteiger partial charge on any atom is 0.239 e. The Bertz CT molecular complexity index is 740. The van der Waals surface area contributed by atoms with Gasteiger partial charge >= 0.3 is 0 Å². The van der Waals surface area contributed by atoms with E-state index < -0.39 is 0 Å². The molecular formula is C20H26N4O. The van der Waals surface area contributed by atoms with Gasteiger partial charge in [-0.1, -0.05) is 24.3 Å². The molecule has 2 saturated heterocycles. The first kappa shape index (κ1) is 16.3. The minimum atomic E-state index is 0.0474. The second kappa shape index (κ2) is 7.00. The molecule has 1 aromatic heterocycles. The summed E-state index contributed by atoms with van der Waals surface area (Å²) in [5.74, 6) is 0.734. The fourth-order valence-electron chi connectivity index (χ4n) is 4.20. The molecule has 5 heteroatoms. The maximum absolute atomic E-state index is 12.6. The smallest absolute Gasteiger partial charge is 0.239 e. The first-order valence-electron chi connectivity index (χ1n) is 9.35. The van der Waals surface area contributed by atoms with Gasteiger partial charge in [-0.3, -0.25) is 9.89 Å². The summed E-state index contributed by atoms with van der Waals surface area (Å²) < 4.78 is 0. The number of aromatic nitrogens is 2. The number of H-pyrrole nitrogens is 1. The number of carbonyl (C=O) groups excluding carboxylic acids is 1. The summed E-state index contributed by atoms with van der Waals surface area (Å²) in [6, 6.07) is 8.50. The van der Waals surface area contributed by atoms with Gasteiger partial charge in [-0.15, -0.1) is 0 Å². The van der Waals surface area contributed by atoms with Crippen molar-refractivity contribution in [1.29, 1.82) is 0 Å². The second-order valence-corrected chi connectivity index (χ2v) is 7.26. The van der Waals surface area contributed by atoms with Crippen molar-refractivity contribution in [3.8, 4) is 11.1 Å². The second-order valence-electron chi connectivity index (χ2n) is 7.26. The molecule has 2 fully saturated rings. The molecule has 0 spiro atoms. The highest BCUT2D eigenvalue weighted by Gasteiger charge is 2.31. The third-order valence-electron chi connectivity index (χ3n) is 5.68. The number of aromatic amines is 1. The molecule has 4 rings (SSSR count). The van der Waals surface area contributed by atoms with E-state index in [1.807, 2.05) is 11.1 Å². The molecule has 0 bridgehead atoms. The van der Waals surface area contributed by atoms with Crippen molar-refractivity contribution < 1.29 is 4.79 Å². The number of nitrogens with zero attached hydrogens (tertiary/aromatic N) is 2. The Balaban J connectivity index is 1.46. The molecule has 1 atom stereocenters. The molecule has 25 heavy (non-hydrogen) atoms. The number of hydrogen-bond acceptors (Lipinski definition) is 3. The number of aryl methyl sites for hydroxylation is 1. The number of benzene rings is 1. The molecule has 3 heterocycles. The number of likely N-dealkylation sites (tertiary alicyclic amines) is 1. The van der Waals surface area contributed by atoms with Gasteiger partial charge in [0, 0.05) is 30.3 Å². The number of carbonyl (C=O) groups is 1. The number of rotatable bonds is 3. The summed E-state index contributed by atoms with van der Waals surface area (Å²) in [7, 11) is 0. The van der Waals surface area contributed by atoms with Crippen LogP contribution in [-0.4, -0.2) is 46.7 Å². The quantitative estimate of drug-likeness (QED) is 0.905. The SMILES string of the molecule is Cc1ccccc1-c1cn[nH]c1C1CCN(C(=O)[C@@H]2CCCN2)CC1. The minimum absolute atomic E-state index is 0.0474. The molecule has 2 N–H and O–H groups in total. The van der Waals surface area contributed by atoms with Crippen molar-refractivity contribution >= 4 is 5.91 Å². The van der Waals surface area contributed by atoms with Crippen molar-refractivity contribution in [2.45, 2.75) is 44.6 Å². The van der Waals surface area contributed by atoms with E-state index in [1.54, 1.807) is 0 Å². The van der Waals surface area contributed by atoms with Crippen LogP contribution in [0.4, 0.5) is 0 Å². The van der Waals surface area contributed by atoms with Crippen molar-refractivity contribution in [2.24, 2.45) is 0 Å². The van der Waals surface area contributed by atoms with Crippen molar-refractivity contribution in [3.63, 3.8) is 0 Å². The van der Waals surface area contributed by atoms with E-state index in [0.29, 0.717) is 11.8 Å². The summed E-state index contributed by atoms with van der Waals surface area (Å²) in [6.45, 7) is 4.80. The summed E-state index contributed by atoms with van der Waals surface area (Å²) in [5, 5.41) is 10.9. The van der Waals surface area contributed by atoms with Gasteiger partial charge in [0.1, 0.15) is 0 Å². The van der Waals surface area contributed by atoms with E-state index in [4.69, 9.17) is 0 Å². The number of piperidine rings is 1. The number of hydrogen-bond donors (Lipinski definition) is 2. The largest absolute Gasteiger partial charge is 0.341 e. The lowest BCUT2D eigenvalue weighted by atomic mass is 9.88. The molecule has 132 valence electrons. The molecule has 0 unspecified atom stereocenters. The van der Waals surface area contributed by atoms with E-state index in [1.165, 1.54) is 22.4 Å². The molecular weight excluding hydrogens is 312 g/mol. The molecule has 0 aliphatic carbocycles. The van der Waals surface area contributed by atoms with E-state index in [2.05, 4.69) is 46.7 Å². The molecule has 2 aromatic rings. The standard InChI is InChI=1S/C20H26N4O/c1-14-5-2-3-6-16(14)17-13-22-23-19(17)15-8-11-24(12-9-15)20(25)18-7-4-10-21-18/h2-3,5-6,13,15,18,21H,4,7-12H2,1H3,(H,22,23)/t18-/m0/s1. The third-order valence-corrected chi connectivity index (χ3v) is 5.68. The highest BCUT2D eigenvalue weighted by molar-refractivity contribution is 5.82. The highest BCUT2D eigenvalue weighted by atomic mass is 16.2. The van der Waals surface area contributed by atoms with Crippen molar-refractivity contribution in [3.05, 3.63) is 41.7 Å². The monoisotopic (exact) mass is 338 g/mol. The fraction of sp³-hybridized carbons (Fsp3) is 0.500. The zero-order valence-corrected chi connectivity index (χ0v) is 14.8. The topological polar surface area (TPSA) is 61.0 Å². The van der Waals surface area contributed by atoms with E-state index in [0.717, 1.165) is 45.3 Å². The van der Waals surface area contributed by atoms with Crippen molar-refractivity contribution in [1.82, 2.24) is 20.4 Å². The van der Waals surface area contributed by atoms with Crippen molar-refractivity contribution in [2.75, 3.05) is 19.6 Å². The van der Waals surface area contributed by atoms with Gasteiger partial charge in [-0.05, 0) is 50.3 Å². The van der Waals surface area contributed by atoms with E-state index in [9.17, 15) is 4.79 Å². The predicted octanol–water partition coefficient (Wildman–Crippen LogP) is 2.84. The molecule has 2 aliphatic heterocycles. The summed E-state index contributed by atoms with van der Waals surface area (Å²) in [6.07, 6.45) is 6.04. The molecule has 2 aliphatic rings. The highest BCUT2D eigenvalue weighted by Crippen LogP contribution is 2.35. The van der Waals surface area contributed by atoms with Crippen LogP contribution in [0.5, 0.6) is 0 Å². The normalized spacial score (nSPS) is 21.6. The fourth-order valence-corrected chi connectivity index (χ4v) is 4.20. The van der Waals surface area contributed by atoms with Crippen LogP contribution in [0.15, 0.2) is 30.5 Å². The lowest BCUT2D eigenvalue weighted by Crippen LogP contribution is -2.46. The maximum atomic E-state index is 12.6. The lowest BCUT2D eigenvalue weighted by Gasteiger charge is -2.33. The Morgan fingerprint density at radius 1 is 1.16 bits per heavy atom. The van der Waals surface area contributed by atoms with E-state index >= 15 is 0 Å². The number of amides is 1. The summed E-state index contributed by atoms with van der Waals surface area (Å²) in [4.78, 5) is 14.6. The van der Waals surface area contributed by atoms with Crippen LogP contribution in [0.1, 0.15) is 42.9 Å². The molecule has 1 amide bonds. The van der Waals surface area contributed by atoms with Gasteiger partial charge in [0.15, 0.2) is 0 Å². The first-order chi connectivity index (χ1) is 12.2. The average Bonchev–Trinajstić information content (AvgIpc) is 3.34. The summed E-state index contributed by atoms with van der Waals surface area (Å²) >= 11 is 0. The molecule has 1 aromatic carbocycles. The Hall–Kier alpha value is -2.14. The zero-order chi connectivity index (χ0) is 17.2. The van der Waals surface area contributed by atoms with Crippen LogP contribution >= 0.6 is 0 Å². The van der Waals surface area contributed by atoms with Crippen LogP contribution in [0, 0.1) is 6.92 Å². The van der Waals surface area contributed by atoms with E-state index in [-0.39, 0.29) is 6.04 Å². The van der Waals surface area contributed by atoms with Crippen LogP contribution in [0.2, 0.25) is 0 Å². The Morgan fingerprint density at radius 3 is 2.68 bits per heavy atom. The van der Waals surface area contributed by atoms with Crippen LogP contribution in [0.25, 0.3) is 11.1 Å². The van der Waals surface area contributed by atoms with Gasteiger partial charge in [-0.25, -0.2) is 0 Å². The van der Waals surface area contributed by atoms with Gasteiger partial charge in [0.05, 0.1) is 12.2 Å². The predicted molar refractivity (Wildman–Crippen MR) is 98.3 cm³/mol. The zero-order valence-electron chi connectivity index (χ0n) is 14.8. The first-order valence-corrected chi connectivity index (χ1v) is 9.35. The van der Waals surface area contributed by atoms with Gasteiger partial charge in [0.2, 0.25) is 5.91 Å². The Kier molecular flexibility index (Phi) is 4.57. The molecule has 5 nitrogen and oxygen atoms in total. The van der Waals surface area contributed by atoms with Crippen LogP contribution < -0.4 is 5.32 Å². The lowest BCUT2D eigenvalue weighted by molar-refractivity contribution is -0.134. The third kappa shape index (κ3) is 3.21. The van der Waals surface area contributed by atoms with Gasteiger partial charge < -0.3 is 10.2 Å². The summed E-state index contributed by atoms with van der Waals surface area (Å²) in [5.41, 5.74) is 4.95. The van der Waals surface area contributed by atoms with Crippen LogP contribution in [0.3, 0.4) is 0 Å². The number of nitrogens with one attached hydrogen (secondary N) is 2.